The van der Waals surface area contributed by atoms with Crippen molar-refractivity contribution in [3.63, 3.8) is 0 Å². The fourth-order valence-electron chi connectivity index (χ4n) is 2.52. The van der Waals surface area contributed by atoms with Crippen molar-refractivity contribution in [3.05, 3.63) is 0 Å². The van der Waals surface area contributed by atoms with Crippen molar-refractivity contribution in [1.82, 2.24) is 5.32 Å². The molecule has 7 heteroatoms. The highest BCUT2D eigenvalue weighted by atomic mass is 16.6. The number of carbonyl (C=O) groups is 2. The molecule has 0 bridgehead atoms. The van der Waals surface area contributed by atoms with Crippen molar-refractivity contribution < 1.29 is 29.3 Å². The summed E-state index contributed by atoms with van der Waals surface area (Å²) in [4.78, 5) is 24.2. The Hall–Kier alpha value is -1.18. The van der Waals surface area contributed by atoms with E-state index >= 15 is 0 Å². The SMILES string of the molecule is C[C@H]1C(CO)N[C@H](COC(=O)C(C)(C)C)[C@H](O)[C@@H]1OC(=O)C(C)(C)C. The van der Waals surface area contributed by atoms with Crippen LogP contribution >= 0.6 is 0 Å². The third-order valence-electron chi connectivity index (χ3n) is 4.39. The molecule has 1 saturated heterocycles. The Bertz CT molecular complexity index is 479. The van der Waals surface area contributed by atoms with Gasteiger partial charge in [-0.25, -0.2) is 0 Å². The van der Waals surface area contributed by atoms with E-state index in [-0.39, 0.29) is 31.1 Å². The molecule has 1 aliphatic rings. The van der Waals surface area contributed by atoms with E-state index in [9.17, 15) is 19.8 Å². The highest BCUT2D eigenvalue weighted by molar-refractivity contribution is 5.76. The van der Waals surface area contributed by atoms with Gasteiger partial charge in [0.15, 0.2) is 0 Å². The summed E-state index contributed by atoms with van der Waals surface area (Å²) in [5.41, 5.74) is -1.35. The third-order valence-corrected chi connectivity index (χ3v) is 4.39. The first-order valence-electron chi connectivity index (χ1n) is 8.72. The molecule has 7 nitrogen and oxygen atoms in total. The van der Waals surface area contributed by atoms with Crippen LogP contribution in [0.2, 0.25) is 0 Å². The molecule has 0 aromatic rings. The van der Waals surface area contributed by atoms with Gasteiger partial charge in [-0.3, -0.25) is 9.59 Å². The van der Waals surface area contributed by atoms with Gasteiger partial charge in [0.1, 0.15) is 18.8 Å². The molecule has 1 heterocycles. The Kier molecular flexibility index (Phi) is 7.01. The van der Waals surface area contributed by atoms with Crippen LogP contribution in [0.3, 0.4) is 0 Å². The Labute approximate surface area is 150 Å². The fraction of sp³-hybridized carbons (Fsp3) is 0.889. The summed E-state index contributed by atoms with van der Waals surface area (Å²) >= 11 is 0. The first-order chi connectivity index (χ1) is 11.3. The van der Waals surface area contributed by atoms with E-state index < -0.39 is 35.0 Å². The minimum absolute atomic E-state index is 0.0654. The molecule has 1 aliphatic heterocycles. The minimum atomic E-state index is -1.04. The molecule has 0 aliphatic carbocycles. The molecule has 0 aromatic heterocycles. The van der Waals surface area contributed by atoms with Crippen LogP contribution in [0.4, 0.5) is 0 Å². The number of aliphatic hydroxyl groups excluding tert-OH is 2. The van der Waals surface area contributed by atoms with Crippen molar-refractivity contribution in [2.24, 2.45) is 16.7 Å². The van der Waals surface area contributed by atoms with E-state index in [1.54, 1.807) is 48.5 Å². The second-order valence-electron chi connectivity index (χ2n) is 8.88. The molecule has 0 spiro atoms. The van der Waals surface area contributed by atoms with Crippen molar-refractivity contribution in [3.8, 4) is 0 Å². The van der Waals surface area contributed by atoms with Crippen LogP contribution in [0.5, 0.6) is 0 Å². The van der Waals surface area contributed by atoms with Crippen molar-refractivity contribution in [2.75, 3.05) is 13.2 Å². The first kappa shape index (κ1) is 21.9. The molecule has 25 heavy (non-hydrogen) atoms. The summed E-state index contributed by atoms with van der Waals surface area (Å²) in [6, 6.07) is -1.00. The molecular weight excluding hydrogens is 326 g/mol. The largest absolute Gasteiger partial charge is 0.464 e. The molecule has 3 N–H and O–H groups in total. The van der Waals surface area contributed by atoms with E-state index in [2.05, 4.69) is 5.32 Å². The summed E-state index contributed by atoms with van der Waals surface area (Å²) in [5.74, 6) is -1.10. The topological polar surface area (TPSA) is 105 Å². The molecule has 0 aromatic carbocycles. The monoisotopic (exact) mass is 359 g/mol. The molecular formula is C18H33NO6. The summed E-state index contributed by atoms with van der Waals surface area (Å²) in [7, 11) is 0. The number of hydrogen-bond donors (Lipinski definition) is 3. The molecule has 0 radical (unpaired) electrons. The van der Waals surface area contributed by atoms with E-state index in [1.165, 1.54) is 0 Å². The quantitative estimate of drug-likeness (QED) is 0.640. The number of ether oxygens (including phenoxy) is 2. The van der Waals surface area contributed by atoms with Crippen LogP contribution in [-0.4, -0.2) is 59.7 Å². The van der Waals surface area contributed by atoms with Gasteiger partial charge in [-0.15, -0.1) is 0 Å². The van der Waals surface area contributed by atoms with E-state index in [1.807, 2.05) is 0 Å². The number of aliphatic hydroxyl groups is 2. The summed E-state index contributed by atoms with van der Waals surface area (Å²) in [5, 5.41) is 23.3. The van der Waals surface area contributed by atoms with Crippen LogP contribution in [0.15, 0.2) is 0 Å². The van der Waals surface area contributed by atoms with Gasteiger partial charge in [0.05, 0.1) is 23.5 Å². The lowest BCUT2D eigenvalue weighted by atomic mass is 9.84. The minimum Gasteiger partial charge on any atom is -0.464 e. The molecule has 5 atom stereocenters. The van der Waals surface area contributed by atoms with Gasteiger partial charge in [0.25, 0.3) is 0 Å². The van der Waals surface area contributed by atoms with Crippen LogP contribution in [0.25, 0.3) is 0 Å². The highest BCUT2D eigenvalue weighted by Crippen LogP contribution is 2.27. The molecule has 1 unspecified atom stereocenters. The maximum atomic E-state index is 12.2. The zero-order valence-corrected chi connectivity index (χ0v) is 16.3. The fourth-order valence-corrected chi connectivity index (χ4v) is 2.52. The van der Waals surface area contributed by atoms with Gasteiger partial charge >= 0.3 is 11.9 Å². The van der Waals surface area contributed by atoms with Crippen LogP contribution < -0.4 is 5.32 Å². The molecule has 1 rings (SSSR count). The Morgan fingerprint density at radius 2 is 1.52 bits per heavy atom. The highest BCUT2D eigenvalue weighted by Gasteiger charge is 2.45. The van der Waals surface area contributed by atoms with Gasteiger partial charge < -0.3 is 25.0 Å². The summed E-state index contributed by atoms with van der Waals surface area (Å²) < 4.78 is 10.8. The predicted molar refractivity (Wildman–Crippen MR) is 92.7 cm³/mol. The normalized spacial score (nSPS) is 30.7. The van der Waals surface area contributed by atoms with E-state index in [0.717, 1.165) is 0 Å². The standard InChI is InChI=1S/C18H33NO6/c1-10-11(8-20)19-12(9-24-15(22)17(2,3)4)13(21)14(10)25-16(23)18(5,6)7/h10-14,19-21H,8-9H2,1-7H3/t10-,11?,12+,13-,14+/m0/s1. The van der Waals surface area contributed by atoms with Crippen LogP contribution in [0, 0.1) is 16.7 Å². The average molecular weight is 359 g/mol. The number of hydrogen-bond acceptors (Lipinski definition) is 7. The van der Waals surface area contributed by atoms with Crippen molar-refractivity contribution >= 4 is 11.9 Å². The lowest BCUT2D eigenvalue weighted by Crippen LogP contribution is -2.65. The Morgan fingerprint density at radius 3 is 1.96 bits per heavy atom. The van der Waals surface area contributed by atoms with Gasteiger partial charge in [0.2, 0.25) is 0 Å². The lowest BCUT2D eigenvalue weighted by Gasteiger charge is -2.44. The zero-order valence-electron chi connectivity index (χ0n) is 16.3. The Balaban J connectivity index is 2.87. The molecule has 146 valence electrons. The Morgan fingerprint density at radius 1 is 1.00 bits per heavy atom. The van der Waals surface area contributed by atoms with E-state index in [4.69, 9.17) is 9.47 Å². The lowest BCUT2D eigenvalue weighted by molar-refractivity contribution is -0.179. The number of rotatable bonds is 4. The van der Waals surface area contributed by atoms with Gasteiger partial charge in [-0.05, 0) is 41.5 Å². The van der Waals surface area contributed by atoms with Crippen LogP contribution in [-0.2, 0) is 19.1 Å². The summed E-state index contributed by atoms with van der Waals surface area (Å²) in [6.07, 6.45) is -1.83. The van der Waals surface area contributed by atoms with E-state index in [0.29, 0.717) is 0 Å². The number of esters is 2. The number of nitrogens with one attached hydrogen (secondary N) is 1. The average Bonchev–Trinajstić information content (AvgIpc) is 2.48. The smallest absolute Gasteiger partial charge is 0.311 e. The van der Waals surface area contributed by atoms with Gasteiger partial charge in [0, 0.05) is 12.0 Å². The maximum absolute atomic E-state index is 12.2. The summed E-state index contributed by atoms with van der Waals surface area (Å²) in [6.45, 7) is 12.0. The maximum Gasteiger partial charge on any atom is 0.311 e. The van der Waals surface area contributed by atoms with Gasteiger partial charge in [-0.1, -0.05) is 6.92 Å². The second kappa shape index (κ2) is 8.01. The zero-order chi connectivity index (χ0) is 19.6. The van der Waals surface area contributed by atoms with Gasteiger partial charge in [-0.2, -0.15) is 0 Å². The number of piperidine rings is 1. The first-order valence-corrected chi connectivity index (χ1v) is 8.72. The molecule has 0 amide bonds. The number of carbonyl (C=O) groups excluding carboxylic acids is 2. The third kappa shape index (κ3) is 5.66. The van der Waals surface area contributed by atoms with Crippen molar-refractivity contribution in [2.45, 2.75) is 72.8 Å². The predicted octanol–water partition coefficient (Wildman–Crippen LogP) is 0.863. The van der Waals surface area contributed by atoms with Crippen LogP contribution in [0.1, 0.15) is 48.5 Å². The molecule has 1 fully saturated rings. The van der Waals surface area contributed by atoms with Crippen molar-refractivity contribution in [1.29, 1.82) is 0 Å². The molecule has 0 saturated carbocycles. The second-order valence-corrected chi connectivity index (χ2v) is 8.88.